The molecule has 1 amide bonds. The standard InChI is InChI=1S/C15H15Cl3N2OS/c1-7-6-19-3-2-10(7)20-15(21)14-13(18)12-9(17)4-8(16)5-11(12)22-14/h4-5,7,10,19H,2-3,6H2,1H3,(H,20,21). The quantitative estimate of drug-likeness (QED) is 0.803. The van der Waals surface area contributed by atoms with Crippen LogP contribution in [0.1, 0.15) is 23.0 Å². The lowest BCUT2D eigenvalue weighted by Crippen LogP contribution is -2.48. The van der Waals surface area contributed by atoms with E-state index in [1.807, 2.05) is 0 Å². The second-order valence-corrected chi connectivity index (χ2v) is 7.83. The molecule has 118 valence electrons. The summed E-state index contributed by atoms with van der Waals surface area (Å²) < 4.78 is 0.825. The third-order valence-corrected chi connectivity index (χ3v) is 6.10. The van der Waals surface area contributed by atoms with Gasteiger partial charge >= 0.3 is 0 Å². The van der Waals surface area contributed by atoms with Crippen molar-refractivity contribution in [3.8, 4) is 0 Å². The lowest BCUT2D eigenvalue weighted by Gasteiger charge is -2.30. The van der Waals surface area contributed by atoms with E-state index < -0.39 is 0 Å². The number of hydrogen-bond donors (Lipinski definition) is 2. The van der Waals surface area contributed by atoms with Crippen LogP contribution in [-0.2, 0) is 0 Å². The smallest absolute Gasteiger partial charge is 0.263 e. The molecule has 2 unspecified atom stereocenters. The number of amides is 1. The van der Waals surface area contributed by atoms with Crippen LogP contribution in [-0.4, -0.2) is 25.0 Å². The number of benzene rings is 1. The van der Waals surface area contributed by atoms with E-state index in [1.165, 1.54) is 11.3 Å². The van der Waals surface area contributed by atoms with Gasteiger partial charge in [-0.15, -0.1) is 11.3 Å². The van der Waals surface area contributed by atoms with Crippen molar-refractivity contribution < 1.29 is 4.79 Å². The van der Waals surface area contributed by atoms with Gasteiger partial charge in [-0.05, 0) is 37.6 Å². The molecule has 1 aliphatic heterocycles. The van der Waals surface area contributed by atoms with E-state index in [1.54, 1.807) is 12.1 Å². The van der Waals surface area contributed by atoms with E-state index in [0.717, 1.165) is 24.2 Å². The number of hydrogen-bond acceptors (Lipinski definition) is 3. The van der Waals surface area contributed by atoms with E-state index in [4.69, 9.17) is 34.8 Å². The van der Waals surface area contributed by atoms with Crippen molar-refractivity contribution in [2.45, 2.75) is 19.4 Å². The van der Waals surface area contributed by atoms with Crippen molar-refractivity contribution in [1.82, 2.24) is 10.6 Å². The second kappa shape index (κ2) is 6.54. The highest BCUT2D eigenvalue weighted by Gasteiger charge is 2.26. The Kier molecular flexibility index (Phi) is 4.86. The van der Waals surface area contributed by atoms with Gasteiger partial charge in [-0.3, -0.25) is 4.79 Å². The first kappa shape index (κ1) is 16.3. The van der Waals surface area contributed by atoms with Crippen LogP contribution in [0.3, 0.4) is 0 Å². The Morgan fingerprint density at radius 1 is 1.36 bits per heavy atom. The summed E-state index contributed by atoms with van der Waals surface area (Å²) in [4.78, 5) is 13.1. The normalized spacial score (nSPS) is 22.0. The van der Waals surface area contributed by atoms with Gasteiger partial charge in [-0.1, -0.05) is 41.7 Å². The van der Waals surface area contributed by atoms with E-state index in [0.29, 0.717) is 31.2 Å². The number of piperidine rings is 1. The van der Waals surface area contributed by atoms with E-state index in [-0.39, 0.29) is 11.9 Å². The third-order valence-electron chi connectivity index (χ3n) is 3.96. The topological polar surface area (TPSA) is 41.1 Å². The minimum atomic E-state index is -0.142. The summed E-state index contributed by atoms with van der Waals surface area (Å²) in [6, 6.07) is 3.58. The Morgan fingerprint density at radius 3 is 2.86 bits per heavy atom. The molecule has 22 heavy (non-hydrogen) atoms. The van der Waals surface area contributed by atoms with Crippen LogP contribution < -0.4 is 10.6 Å². The van der Waals surface area contributed by atoms with E-state index in [2.05, 4.69) is 17.6 Å². The number of nitrogens with one attached hydrogen (secondary N) is 2. The predicted octanol–water partition coefficient (Wildman–Crippen LogP) is 4.59. The zero-order chi connectivity index (χ0) is 15.9. The van der Waals surface area contributed by atoms with Gasteiger partial charge in [0.2, 0.25) is 0 Å². The maximum atomic E-state index is 12.6. The molecule has 2 N–H and O–H groups in total. The third kappa shape index (κ3) is 3.08. The summed E-state index contributed by atoms with van der Waals surface area (Å²) in [6.45, 7) is 3.95. The number of rotatable bonds is 2. The number of halogens is 3. The Balaban J connectivity index is 1.91. The molecule has 1 aliphatic rings. The SMILES string of the molecule is CC1CNCCC1NC(=O)c1sc2cc(Cl)cc(Cl)c2c1Cl. The Bertz CT molecular complexity index is 731. The fourth-order valence-electron chi connectivity index (χ4n) is 2.72. The fraction of sp³-hybridized carbons (Fsp3) is 0.400. The Morgan fingerprint density at radius 2 is 2.14 bits per heavy atom. The molecule has 7 heteroatoms. The second-order valence-electron chi connectivity index (χ2n) is 5.56. The van der Waals surface area contributed by atoms with Gasteiger partial charge in [0, 0.05) is 21.2 Å². The van der Waals surface area contributed by atoms with Gasteiger partial charge in [0.15, 0.2) is 0 Å². The fourth-order valence-corrected chi connectivity index (χ4v) is 5.00. The average molecular weight is 378 g/mol. The minimum absolute atomic E-state index is 0.142. The molecular weight excluding hydrogens is 363 g/mol. The van der Waals surface area contributed by atoms with Crippen molar-refractivity contribution in [1.29, 1.82) is 0 Å². The molecule has 0 saturated carbocycles. The summed E-state index contributed by atoms with van der Waals surface area (Å²) in [5.41, 5.74) is 0. The number of thiophene rings is 1. The van der Waals surface area contributed by atoms with Gasteiger partial charge in [-0.25, -0.2) is 0 Å². The van der Waals surface area contributed by atoms with Gasteiger partial charge in [0.25, 0.3) is 5.91 Å². The molecule has 1 aromatic heterocycles. The summed E-state index contributed by atoms with van der Waals surface area (Å²) in [7, 11) is 0. The molecule has 1 saturated heterocycles. The van der Waals surface area contributed by atoms with Crippen molar-refractivity contribution in [3.05, 3.63) is 32.1 Å². The molecule has 0 aliphatic carbocycles. The number of carbonyl (C=O) groups is 1. The largest absolute Gasteiger partial charge is 0.348 e. The zero-order valence-electron chi connectivity index (χ0n) is 11.9. The highest BCUT2D eigenvalue weighted by Crippen LogP contribution is 2.41. The summed E-state index contributed by atoms with van der Waals surface area (Å²) in [5.74, 6) is 0.251. The first-order chi connectivity index (χ1) is 10.5. The summed E-state index contributed by atoms with van der Waals surface area (Å²) in [5, 5.41) is 8.51. The molecule has 3 nitrogen and oxygen atoms in total. The average Bonchev–Trinajstić information content (AvgIpc) is 2.78. The Hall–Kier alpha value is -0.520. The predicted molar refractivity (Wildman–Crippen MR) is 94.8 cm³/mol. The van der Waals surface area contributed by atoms with Crippen molar-refractivity contribution in [2.75, 3.05) is 13.1 Å². The highest BCUT2D eigenvalue weighted by atomic mass is 35.5. The van der Waals surface area contributed by atoms with Gasteiger partial charge in [0.1, 0.15) is 4.88 Å². The molecule has 0 spiro atoms. The molecule has 1 fully saturated rings. The van der Waals surface area contributed by atoms with Crippen LogP contribution in [0.4, 0.5) is 0 Å². The van der Waals surface area contributed by atoms with Crippen LogP contribution >= 0.6 is 46.1 Å². The minimum Gasteiger partial charge on any atom is -0.348 e. The molecule has 1 aromatic carbocycles. The molecule has 2 heterocycles. The first-order valence-electron chi connectivity index (χ1n) is 7.06. The maximum absolute atomic E-state index is 12.6. The van der Waals surface area contributed by atoms with Gasteiger partial charge in [0.05, 0.1) is 10.0 Å². The van der Waals surface area contributed by atoms with Gasteiger partial charge < -0.3 is 10.6 Å². The zero-order valence-corrected chi connectivity index (χ0v) is 15.0. The van der Waals surface area contributed by atoms with E-state index in [9.17, 15) is 4.79 Å². The number of carbonyl (C=O) groups excluding carboxylic acids is 1. The Labute approximate surface area is 147 Å². The van der Waals surface area contributed by atoms with Crippen LogP contribution in [0, 0.1) is 5.92 Å². The lowest BCUT2D eigenvalue weighted by atomic mass is 9.95. The maximum Gasteiger partial charge on any atom is 0.263 e. The molecule has 3 rings (SSSR count). The summed E-state index contributed by atoms with van der Waals surface area (Å²) in [6.07, 6.45) is 0.919. The highest BCUT2D eigenvalue weighted by molar-refractivity contribution is 7.21. The van der Waals surface area contributed by atoms with Crippen molar-refractivity contribution in [3.63, 3.8) is 0 Å². The van der Waals surface area contributed by atoms with Crippen LogP contribution in [0.5, 0.6) is 0 Å². The first-order valence-corrected chi connectivity index (χ1v) is 9.01. The molecule has 2 atom stereocenters. The van der Waals surface area contributed by atoms with Crippen LogP contribution in [0.15, 0.2) is 12.1 Å². The molecule has 0 radical (unpaired) electrons. The summed E-state index contributed by atoms with van der Waals surface area (Å²) >= 11 is 19.9. The monoisotopic (exact) mass is 376 g/mol. The lowest BCUT2D eigenvalue weighted by molar-refractivity contribution is 0.0918. The molecular formula is C15H15Cl3N2OS. The number of fused-ring (bicyclic) bond motifs is 1. The van der Waals surface area contributed by atoms with E-state index >= 15 is 0 Å². The van der Waals surface area contributed by atoms with Crippen LogP contribution in [0.25, 0.3) is 10.1 Å². The molecule has 0 bridgehead atoms. The molecule has 2 aromatic rings. The van der Waals surface area contributed by atoms with Crippen molar-refractivity contribution >= 4 is 62.1 Å². The van der Waals surface area contributed by atoms with Gasteiger partial charge in [-0.2, -0.15) is 0 Å². The van der Waals surface area contributed by atoms with Crippen LogP contribution in [0.2, 0.25) is 15.1 Å². The van der Waals surface area contributed by atoms with Crippen molar-refractivity contribution in [2.24, 2.45) is 5.92 Å².